The van der Waals surface area contributed by atoms with Crippen molar-refractivity contribution in [3.63, 3.8) is 0 Å². The van der Waals surface area contributed by atoms with Gasteiger partial charge in [0, 0.05) is 71.7 Å². The topological polar surface area (TPSA) is 94.3 Å². The molecule has 1 saturated carbocycles. The van der Waals surface area contributed by atoms with E-state index in [1.165, 1.54) is 0 Å². The molecule has 2 N–H and O–H groups in total. The van der Waals surface area contributed by atoms with Crippen LogP contribution in [0.1, 0.15) is 48.3 Å². The number of benzene rings is 1. The number of rotatable bonds is 5. The molecule has 2 aromatic heterocycles. The molecule has 196 valence electrons. The Kier molecular flexibility index (Phi) is 5.54. The van der Waals surface area contributed by atoms with Gasteiger partial charge in [-0.15, -0.1) is 0 Å². The standard InChI is InChI=1S/C27H31F2N5O3/c1-3-4-11-37-25(36)34-9-7-33(8-10-34)24(35)16-5-6-19-17(12-16)13-20(30-19)23-18-14-22-26(2,27(22,28)29)15-21(18)31-32-23/h5-6,12-13,22,30H,3-4,7-11,14-15H2,1-2H3,(H,31,32)/t22-,26+/m0/s1. The highest BCUT2D eigenvalue weighted by Gasteiger charge is 2.78. The number of amides is 2. The van der Waals surface area contributed by atoms with Gasteiger partial charge in [-0.2, -0.15) is 5.10 Å². The average Bonchev–Trinajstić information content (AvgIpc) is 3.29. The first-order valence-electron chi connectivity index (χ1n) is 13.0. The van der Waals surface area contributed by atoms with Crippen molar-refractivity contribution in [2.24, 2.45) is 11.3 Å². The largest absolute Gasteiger partial charge is 0.449 e. The predicted molar refractivity (Wildman–Crippen MR) is 134 cm³/mol. The van der Waals surface area contributed by atoms with Gasteiger partial charge in [0.15, 0.2) is 0 Å². The van der Waals surface area contributed by atoms with Crippen molar-refractivity contribution < 1.29 is 23.1 Å². The van der Waals surface area contributed by atoms with Crippen LogP contribution in [0, 0.1) is 11.3 Å². The van der Waals surface area contributed by atoms with E-state index in [1.807, 2.05) is 25.1 Å². The van der Waals surface area contributed by atoms with Crippen molar-refractivity contribution in [2.45, 2.75) is 45.5 Å². The van der Waals surface area contributed by atoms with Crippen molar-refractivity contribution in [2.75, 3.05) is 32.8 Å². The van der Waals surface area contributed by atoms with Gasteiger partial charge in [0.2, 0.25) is 0 Å². The third-order valence-electron chi connectivity index (χ3n) is 8.46. The van der Waals surface area contributed by atoms with E-state index < -0.39 is 17.3 Å². The van der Waals surface area contributed by atoms with Gasteiger partial charge in [0.1, 0.15) is 5.69 Å². The zero-order valence-corrected chi connectivity index (χ0v) is 21.1. The van der Waals surface area contributed by atoms with E-state index in [9.17, 15) is 18.4 Å². The molecule has 6 rings (SSSR count). The van der Waals surface area contributed by atoms with E-state index in [1.54, 1.807) is 22.8 Å². The summed E-state index contributed by atoms with van der Waals surface area (Å²) in [4.78, 5) is 32.1. The predicted octanol–water partition coefficient (Wildman–Crippen LogP) is 4.62. The molecule has 3 aromatic rings. The smallest absolute Gasteiger partial charge is 0.409 e. The van der Waals surface area contributed by atoms with Crippen molar-refractivity contribution in [3.8, 4) is 11.4 Å². The molecule has 1 aliphatic heterocycles. The molecule has 2 amide bonds. The van der Waals surface area contributed by atoms with Gasteiger partial charge in [0.25, 0.3) is 11.8 Å². The number of nitrogens with zero attached hydrogens (tertiary/aromatic N) is 3. The van der Waals surface area contributed by atoms with Crippen molar-refractivity contribution in [3.05, 3.63) is 41.1 Å². The highest BCUT2D eigenvalue weighted by Crippen LogP contribution is 2.70. The van der Waals surface area contributed by atoms with Crippen LogP contribution < -0.4 is 0 Å². The number of unbranched alkanes of at least 4 members (excludes halogenated alkanes) is 1. The number of hydrogen-bond donors (Lipinski definition) is 2. The molecule has 0 radical (unpaired) electrons. The van der Waals surface area contributed by atoms with E-state index in [4.69, 9.17) is 4.74 Å². The summed E-state index contributed by atoms with van der Waals surface area (Å²) in [6.07, 6.45) is 2.09. The lowest BCUT2D eigenvalue weighted by Gasteiger charge is -2.34. The molecular weight excluding hydrogens is 480 g/mol. The zero-order chi connectivity index (χ0) is 25.9. The molecule has 2 atom stereocenters. The van der Waals surface area contributed by atoms with E-state index >= 15 is 0 Å². The molecule has 2 fully saturated rings. The molecule has 2 aliphatic carbocycles. The van der Waals surface area contributed by atoms with Gasteiger partial charge in [0.05, 0.1) is 12.3 Å². The molecule has 1 saturated heterocycles. The third kappa shape index (κ3) is 3.79. The van der Waals surface area contributed by atoms with Crippen LogP contribution in [0.3, 0.4) is 0 Å². The number of nitrogens with one attached hydrogen (secondary N) is 2. The molecule has 3 aliphatic rings. The number of fused-ring (bicyclic) bond motifs is 3. The molecule has 10 heteroatoms. The molecule has 1 aromatic carbocycles. The minimum atomic E-state index is -2.64. The summed E-state index contributed by atoms with van der Waals surface area (Å²) in [5, 5.41) is 8.30. The Labute approximate surface area is 213 Å². The van der Waals surface area contributed by atoms with Crippen LogP contribution >= 0.6 is 0 Å². The summed E-state index contributed by atoms with van der Waals surface area (Å²) in [5.41, 5.74) is 3.50. The fourth-order valence-electron chi connectivity index (χ4n) is 5.89. The van der Waals surface area contributed by atoms with Crippen LogP contribution in [-0.4, -0.2) is 75.7 Å². The van der Waals surface area contributed by atoms with E-state index in [-0.39, 0.29) is 12.0 Å². The van der Waals surface area contributed by atoms with Crippen LogP contribution in [0.5, 0.6) is 0 Å². The Morgan fingerprint density at radius 2 is 1.92 bits per heavy atom. The van der Waals surface area contributed by atoms with Gasteiger partial charge in [-0.05, 0) is 37.1 Å². The number of alkyl halides is 2. The number of aromatic nitrogens is 3. The Hall–Kier alpha value is -3.43. The van der Waals surface area contributed by atoms with Gasteiger partial charge >= 0.3 is 6.09 Å². The monoisotopic (exact) mass is 511 g/mol. The summed E-state index contributed by atoms with van der Waals surface area (Å²) in [6, 6.07) is 7.41. The maximum Gasteiger partial charge on any atom is 0.409 e. The van der Waals surface area contributed by atoms with Crippen molar-refractivity contribution in [1.82, 2.24) is 25.0 Å². The fraction of sp³-hybridized carbons (Fsp3) is 0.519. The lowest BCUT2D eigenvalue weighted by Crippen LogP contribution is -2.50. The van der Waals surface area contributed by atoms with Gasteiger partial charge in [-0.1, -0.05) is 20.3 Å². The second kappa shape index (κ2) is 8.56. The first kappa shape index (κ1) is 23.9. The number of piperazine rings is 1. The van der Waals surface area contributed by atoms with Crippen LogP contribution in [0.25, 0.3) is 22.3 Å². The minimum absolute atomic E-state index is 0.0870. The Morgan fingerprint density at radius 3 is 2.68 bits per heavy atom. The van der Waals surface area contributed by atoms with Crippen molar-refractivity contribution in [1.29, 1.82) is 0 Å². The third-order valence-corrected chi connectivity index (χ3v) is 8.46. The Balaban J connectivity index is 1.15. The van der Waals surface area contributed by atoms with E-state index in [0.717, 1.165) is 40.7 Å². The normalized spacial score (nSPS) is 24.1. The van der Waals surface area contributed by atoms with Crippen LogP contribution in [-0.2, 0) is 17.6 Å². The number of H-pyrrole nitrogens is 2. The van der Waals surface area contributed by atoms with Gasteiger partial charge < -0.3 is 19.5 Å². The molecule has 37 heavy (non-hydrogen) atoms. The SMILES string of the molecule is CCCCOC(=O)N1CCN(C(=O)c2ccc3[nH]c(-c4n[nH]c5c4C[C@@H]4C(F)(F)[C@]4(C)C5)cc3c2)CC1. The minimum Gasteiger partial charge on any atom is -0.449 e. The molecular formula is C27H31F2N5O3. The van der Waals surface area contributed by atoms with Crippen LogP contribution in [0.4, 0.5) is 13.6 Å². The summed E-state index contributed by atoms with van der Waals surface area (Å²) in [7, 11) is 0. The highest BCUT2D eigenvalue weighted by molar-refractivity contribution is 5.99. The lowest BCUT2D eigenvalue weighted by molar-refractivity contribution is 0.0558. The van der Waals surface area contributed by atoms with Crippen LogP contribution in [0.2, 0.25) is 0 Å². The second-order valence-electron chi connectivity index (χ2n) is 10.7. The van der Waals surface area contributed by atoms with Gasteiger partial charge in [-0.25, -0.2) is 13.6 Å². The molecule has 8 nitrogen and oxygen atoms in total. The first-order chi connectivity index (χ1) is 17.7. The highest BCUT2D eigenvalue weighted by atomic mass is 19.3. The number of hydrogen-bond acceptors (Lipinski definition) is 4. The summed E-state index contributed by atoms with van der Waals surface area (Å²) in [6.45, 7) is 5.89. The fourth-order valence-corrected chi connectivity index (χ4v) is 5.89. The Morgan fingerprint density at radius 1 is 1.16 bits per heavy atom. The first-order valence-corrected chi connectivity index (χ1v) is 13.0. The number of ether oxygens (including phenoxy) is 1. The summed E-state index contributed by atoms with van der Waals surface area (Å²) >= 11 is 0. The Bertz CT molecular complexity index is 1370. The number of carbonyl (C=O) groups is 2. The quantitative estimate of drug-likeness (QED) is 0.489. The average molecular weight is 512 g/mol. The summed E-state index contributed by atoms with van der Waals surface area (Å²) < 4.78 is 33.9. The maximum atomic E-state index is 14.3. The second-order valence-corrected chi connectivity index (χ2v) is 10.7. The number of aromatic amines is 2. The molecule has 3 heterocycles. The number of carbonyl (C=O) groups excluding carboxylic acids is 2. The zero-order valence-electron chi connectivity index (χ0n) is 21.1. The molecule has 0 spiro atoms. The van der Waals surface area contributed by atoms with E-state index in [2.05, 4.69) is 15.2 Å². The van der Waals surface area contributed by atoms with Crippen LogP contribution in [0.15, 0.2) is 24.3 Å². The summed E-state index contributed by atoms with van der Waals surface area (Å²) in [5.74, 6) is -3.37. The lowest BCUT2D eigenvalue weighted by atomic mass is 9.87. The molecule has 0 bridgehead atoms. The van der Waals surface area contributed by atoms with Gasteiger partial charge in [-0.3, -0.25) is 9.89 Å². The number of halogens is 2. The van der Waals surface area contributed by atoms with E-state index in [0.29, 0.717) is 56.9 Å². The maximum absolute atomic E-state index is 14.3. The van der Waals surface area contributed by atoms with Crippen molar-refractivity contribution >= 4 is 22.9 Å². The molecule has 0 unspecified atom stereocenters.